The Labute approximate surface area is 240 Å². The van der Waals surface area contributed by atoms with Crippen LogP contribution >= 0.6 is 11.8 Å². The number of alkyl halides is 3. The largest absolute Gasteiger partial charge is 0.573 e. The highest BCUT2D eigenvalue weighted by Gasteiger charge is 2.31. The van der Waals surface area contributed by atoms with Crippen LogP contribution < -0.4 is 9.64 Å². The first kappa shape index (κ1) is 28.4. The molecule has 212 valence electrons. The maximum atomic E-state index is 12.4. The third kappa shape index (κ3) is 6.79. The lowest BCUT2D eigenvalue weighted by Crippen LogP contribution is -2.32. The molecule has 3 aromatic carbocycles. The molecule has 1 aromatic heterocycles. The van der Waals surface area contributed by atoms with Crippen LogP contribution in [-0.2, 0) is 0 Å². The molecule has 1 aliphatic heterocycles. The van der Waals surface area contributed by atoms with E-state index in [1.165, 1.54) is 46.5 Å². The van der Waals surface area contributed by atoms with Gasteiger partial charge in [-0.05, 0) is 60.7 Å². The van der Waals surface area contributed by atoms with E-state index in [1.54, 1.807) is 18.0 Å². The summed E-state index contributed by atoms with van der Waals surface area (Å²) in [5.41, 5.74) is 4.73. The Kier molecular flexibility index (Phi) is 8.44. The van der Waals surface area contributed by atoms with Crippen LogP contribution in [0.2, 0.25) is 0 Å². The van der Waals surface area contributed by atoms with Crippen LogP contribution in [0.4, 0.5) is 18.9 Å². The molecule has 2 unspecified atom stereocenters. The Hall–Kier alpha value is -4.12. The molecule has 0 aliphatic carbocycles. The zero-order valence-corrected chi connectivity index (χ0v) is 23.6. The van der Waals surface area contributed by atoms with Crippen LogP contribution in [0.3, 0.4) is 0 Å². The zero-order chi connectivity index (χ0) is 29.0. The maximum Gasteiger partial charge on any atom is 0.573 e. The monoisotopic (exact) mass is 578 g/mol. The Morgan fingerprint density at radius 1 is 1.07 bits per heavy atom. The summed E-state index contributed by atoms with van der Waals surface area (Å²) in [4.78, 5) is 6.62. The summed E-state index contributed by atoms with van der Waals surface area (Å²) in [6.45, 7) is 6.66. The second-order valence-corrected chi connectivity index (χ2v) is 10.7. The van der Waals surface area contributed by atoms with Crippen molar-refractivity contribution in [1.29, 1.82) is 0 Å². The number of hydrogen-bond acceptors (Lipinski definition) is 6. The molecule has 41 heavy (non-hydrogen) atoms. The minimum atomic E-state index is -4.74. The molecule has 0 N–H and O–H groups in total. The van der Waals surface area contributed by atoms with Crippen LogP contribution in [-0.4, -0.2) is 44.3 Å². The normalized spacial score (nSPS) is 17.5. The second kappa shape index (κ2) is 12.2. The van der Waals surface area contributed by atoms with Gasteiger partial charge in [-0.1, -0.05) is 68.1 Å². The average molecular weight is 579 g/mol. The number of halogens is 3. The van der Waals surface area contributed by atoms with E-state index >= 15 is 0 Å². The van der Waals surface area contributed by atoms with Gasteiger partial charge in [-0.25, -0.2) is 9.67 Å². The Morgan fingerprint density at radius 3 is 2.51 bits per heavy atom. The molecule has 1 fully saturated rings. The van der Waals surface area contributed by atoms with Gasteiger partial charge in [0.1, 0.15) is 12.1 Å². The molecule has 2 heterocycles. The summed E-state index contributed by atoms with van der Waals surface area (Å²) in [5, 5.41) is 14.3. The summed E-state index contributed by atoms with van der Waals surface area (Å²) in [6.07, 6.45) is -0.447. The standard InChI is InChI=1S/C30H29F3N6OS/c1-4-20(2)26-7-5-6-8-27(26)39-21(3)18-41-29(39)36-35-17-22-9-11-23(12-10-22)28-34-19-38(37-28)24-13-15-25(16-14-24)40-30(31,32)33/h5-17,19-21H,4,18H2,1-3H3/b35-17+,36-29-. The fourth-order valence-corrected chi connectivity index (χ4v) is 5.53. The van der Waals surface area contributed by atoms with E-state index < -0.39 is 6.36 Å². The minimum Gasteiger partial charge on any atom is -0.406 e. The predicted molar refractivity (Wildman–Crippen MR) is 158 cm³/mol. The van der Waals surface area contributed by atoms with E-state index in [4.69, 9.17) is 0 Å². The molecule has 0 spiro atoms. The fourth-order valence-electron chi connectivity index (χ4n) is 4.47. The van der Waals surface area contributed by atoms with Crippen LogP contribution in [0.5, 0.6) is 5.75 Å². The summed E-state index contributed by atoms with van der Waals surface area (Å²) in [7, 11) is 0. The van der Waals surface area contributed by atoms with E-state index in [1.807, 2.05) is 24.3 Å². The number of para-hydroxylation sites is 1. The van der Waals surface area contributed by atoms with Crippen molar-refractivity contribution in [3.05, 3.63) is 90.3 Å². The second-order valence-electron chi connectivity index (χ2n) is 9.70. The summed E-state index contributed by atoms with van der Waals surface area (Å²) in [6, 6.07) is 21.8. The molecule has 0 radical (unpaired) electrons. The number of amidine groups is 1. The first-order valence-corrected chi connectivity index (χ1v) is 14.2. The Bertz CT molecular complexity index is 1530. The van der Waals surface area contributed by atoms with Crippen molar-refractivity contribution >= 4 is 28.8 Å². The smallest absolute Gasteiger partial charge is 0.406 e. The molecule has 7 nitrogen and oxygen atoms in total. The van der Waals surface area contributed by atoms with Crippen LogP contribution in [0.15, 0.2) is 89.3 Å². The van der Waals surface area contributed by atoms with Crippen molar-refractivity contribution in [3.8, 4) is 22.8 Å². The molecule has 11 heteroatoms. The molecule has 4 aromatic rings. The van der Waals surface area contributed by atoms with Crippen LogP contribution in [0.25, 0.3) is 17.1 Å². The lowest BCUT2D eigenvalue weighted by Gasteiger charge is -2.27. The van der Waals surface area contributed by atoms with Crippen molar-refractivity contribution in [2.45, 2.75) is 45.5 Å². The lowest BCUT2D eigenvalue weighted by molar-refractivity contribution is -0.274. The van der Waals surface area contributed by atoms with Crippen molar-refractivity contribution in [2.24, 2.45) is 10.2 Å². The predicted octanol–water partition coefficient (Wildman–Crippen LogP) is 7.68. The molecule has 0 saturated carbocycles. The van der Waals surface area contributed by atoms with Gasteiger partial charge in [-0.3, -0.25) is 0 Å². The van der Waals surface area contributed by atoms with Gasteiger partial charge in [0, 0.05) is 23.0 Å². The van der Waals surface area contributed by atoms with Gasteiger partial charge >= 0.3 is 6.36 Å². The Morgan fingerprint density at radius 2 is 1.80 bits per heavy atom. The van der Waals surface area contributed by atoms with E-state index in [-0.39, 0.29) is 5.75 Å². The van der Waals surface area contributed by atoms with Gasteiger partial charge in [-0.2, -0.15) is 5.10 Å². The molecule has 5 rings (SSSR count). The SMILES string of the molecule is CCC(C)c1ccccc1N1/C(=N/N=C/c2ccc(-c3ncn(-c4ccc(OC(F)(F)F)cc4)n3)cc2)SCC1C. The van der Waals surface area contributed by atoms with Crippen molar-refractivity contribution in [1.82, 2.24) is 14.8 Å². The molecular weight excluding hydrogens is 549 g/mol. The highest BCUT2D eigenvalue weighted by Crippen LogP contribution is 2.36. The number of nitrogens with zero attached hydrogens (tertiary/aromatic N) is 6. The third-order valence-electron chi connectivity index (χ3n) is 6.79. The summed E-state index contributed by atoms with van der Waals surface area (Å²) >= 11 is 1.71. The van der Waals surface area contributed by atoms with Crippen molar-refractivity contribution in [3.63, 3.8) is 0 Å². The Balaban J connectivity index is 1.27. The average Bonchev–Trinajstić information content (AvgIpc) is 3.60. The van der Waals surface area contributed by atoms with Crippen LogP contribution in [0, 0.1) is 0 Å². The molecule has 0 bridgehead atoms. The van der Waals surface area contributed by atoms with Gasteiger partial charge in [-0.15, -0.1) is 23.4 Å². The molecular formula is C30H29F3N6OS. The van der Waals surface area contributed by atoms with Gasteiger partial charge in [0.15, 0.2) is 11.0 Å². The lowest BCUT2D eigenvalue weighted by atomic mass is 9.96. The topological polar surface area (TPSA) is 67.9 Å². The van der Waals surface area contributed by atoms with Crippen molar-refractivity contribution < 1.29 is 17.9 Å². The van der Waals surface area contributed by atoms with Gasteiger partial charge in [0.2, 0.25) is 0 Å². The van der Waals surface area contributed by atoms with Crippen LogP contribution in [0.1, 0.15) is 44.2 Å². The number of hydrogen-bond donors (Lipinski definition) is 0. The zero-order valence-electron chi connectivity index (χ0n) is 22.8. The van der Waals surface area contributed by atoms with Gasteiger partial charge in [0.25, 0.3) is 0 Å². The highest BCUT2D eigenvalue weighted by molar-refractivity contribution is 8.14. The minimum absolute atomic E-state index is 0.298. The van der Waals surface area contributed by atoms with E-state index in [9.17, 15) is 13.2 Å². The highest BCUT2D eigenvalue weighted by atomic mass is 32.2. The number of aromatic nitrogens is 3. The number of ether oxygens (including phenoxy) is 1. The molecule has 0 amide bonds. The quantitative estimate of drug-likeness (QED) is 0.159. The van der Waals surface area contributed by atoms with E-state index in [0.29, 0.717) is 23.5 Å². The van der Waals surface area contributed by atoms with Gasteiger partial charge < -0.3 is 9.64 Å². The summed E-state index contributed by atoms with van der Waals surface area (Å²) < 4.78 is 42.6. The fraction of sp³-hybridized carbons (Fsp3) is 0.267. The first-order valence-electron chi connectivity index (χ1n) is 13.2. The van der Waals surface area contributed by atoms with E-state index in [0.717, 1.165) is 28.5 Å². The van der Waals surface area contributed by atoms with Gasteiger partial charge in [0.05, 0.1) is 11.9 Å². The number of thioether (sulfide) groups is 1. The third-order valence-corrected chi connectivity index (χ3v) is 7.97. The number of rotatable bonds is 8. The molecule has 2 atom stereocenters. The molecule has 1 saturated heterocycles. The number of benzene rings is 3. The molecule has 1 aliphatic rings. The maximum absolute atomic E-state index is 12.4. The first-order chi connectivity index (χ1) is 19.7. The number of anilines is 1. The van der Waals surface area contributed by atoms with E-state index in [2.05, 4.69) is 75.0 Å². The summed E-state index contributed by atoms with van der Waals surface area (Å²) in [5.74, 6) is 1.58. The van der Waals surface area contributed by atoms with Crippen molar-refractivity contribution in [2.75, 3.05) is 10.7 Å².